The molecule has 17 heavy (non-hydrogen) atoms. The monoisotopic (exact) mass is 255 g/mol. The van der Waals surface area contributed by atoms with Crippen LogP contribution in [-0.2, 0) is 0 Å². The van der Waals surface area contributed by atoms with Gasteiger partial charge in [-0.05, 0) is 43.4 Å². The molecule has 0 bridgehead atoms. The van der Waals surface area contributed by atoms with Gasteiger partial charge in [0.05, 0.1) is 0 Å². The molecule has 0 heterocycles. The molecular weight excluding hydrogens is 226 g/mol. The van der Waals surface area contributed by atoms with Crippen molar-refractivity contribution < 1.29 is 0 Å². The summed E-state index contributed by atoms with van der Waals surface area (Å²) in [6.07, 6.45) is 8.36. The molecule has 0 spiro atoms. The van der Waals surface area contributed by atoms with Crippen molar-refractivity contribution in [1.29, 1.82) is 0 Å². The molecule has 0 saturated heterocycles. The third kappa shape index (κ3) is 3.64. The third-order valence-corrected chi connectivity index (χ3v) is 6.61. The molecule has 0 amide bonds. The summed E-state index contributed by atoms with van der Waals surface area (Å²) in [5.74, 6) is 2.59. The van der Waals surface area contributed by atoms with E-state index in [-0.39, 0.29) is 0 Å². The highest BCUT2D eigenvalue weighted by molar-refractivity contribution is 8.00. The number of nitrogens with two attached hydrogens (primary N) is 1. The minimum Gasteiger partial charge on any atom is -0.327 e. The second kappa shape index (κ2) is 5.97. The van der Waals surface area contributed by atoms with Gasteiger partial charge in [-0.2, -0.15) is 11.8 Å². The normalized spacial score (nSPS) is 48.0. The van der Waals surface area contributed by atoms with Crippen molar-refractivity contribution in [3.8, 4) is 0 Å². The molecule has 0 radical (unpaired) electrons. The van der Waals surface area contributed by atoms with Crippen molar-refractivity contribution in [2.75, 3.05) is 0 Å². The molecule has 100 valence electrons. The first-order chi connectivity index (χ1) is 8.06. The first-order valence-electron chi connectivity index (χ1n) is 7.47. The van der Waals surface area contributed by atoms with Crippen molar-refractivity contribution in [2.24, 2.45) is 23.5 Å². The lowest BCUT2D eigenvalue weighted by Gasteiger charge is -2.40. The van der Waals surface area contributed by atoms with E-state index in [4.69, 9.17) is 5.73 Å². The largest absolute Gasteiger partial charge is 0.327 e. The Morgan fingerprint density at radius 1 is 0.941 bits per heavy atom. The van der Waals surface area contributed by atoms with Gasteiger partial charge in [-0.15, -0.1) is 0 Å². The fourth-order valence-electron chi connectivity index (χ4n) is 3.85. The Balaban J connectivity index is 1.88. The van der Waals surface area contributed by atoms with Crippen molar-refractivity contribution in [3.05, 3.63) is 0 Å². The number of thioether (sulfide) groups is 1. The summed E-state index contributed by atoms with van der Waals surface area (Å²) >= 11 is 2.24. The third-order valence-electron chi connectivity index (χ3n) is 4.67. The lowest BCUT2D eigenvalue weighted by Crippen LogP contribution is -2.44. The highest BCUT2D eigenvalue weighted by atomic mass is 32.2. The van der Waals surface area contributed by atoms with Crippen LogP contribution in [-0.4, -0.2) is 16.5 Å². The summed E-state index contributed by atoms with van der Waals surface area (Å²) in [6, 6.07) is 0.441. The van der Waals surface area contributed by atoms with Gasteiger partial charge in [0.1, 0.15) is 0 Å². The zero-order chi connectivity index (χ0) is 12.4. The summed E-state index contributed by atoms with van der Waals surface area (Å²) in [6.45, 7) is 7.19. The lowest BCUT2D eigenvalue weighted by atomic mass is 9.80. The van der Waals surface area contributed by atoms with E-state index in [1.165, 1.54) is 38.5 Å². The van der Waals surface area contributed by atoms with E-state index >= 15 is 0 Å². The van der Waals surface area contributed by atoms with E-state index in [0.717, 1.165) is 28.3 Å². The molecule has 1 nitrogen and oxygen atoms in total. The van der Waals surface area contributed by atoms with Gasteiger partial charge in [0, 0.05) is 16.5 Å². The molecule has 2 saturated carbocycles. The zero-order valence-corrected chi connectivity index (χ0v) is 12.5. The highest BCUT2D eigenvalue weighted by Gasteiger charge is 2.34. The number of rotatable bonds is 2. The molecule has 0 aromatic rings. The molecule has 2 aliphatic carbocycles. The van der Waals surface area contributed by atoms with Gasteiger partial charge in [-0.25, -0.2) is 0 Å². The summed E-state index contributed by atoms with van der Waals surface area (Å²) < 4.78 is 0. The van der Waals surface area contributed by atoms with E-state index in [9.17, 15) is 0 Å². The maximum Gasteiger partial charge on any atom is 0.0227 e. The molecule has 6 atom stereocenters. The fourth-order valence-corrected chi connectivity index (χ4v) is 5.72. The van der Waals surface area contributed by atoms with E-state index in [0.29, 0.717) is 6.04 Å². The van der Waals surface area contributed by atoms with Crippen LogP contribution in [0.3, 0.4) is 0 Å². The average Bonchev–Trinajstić information content (AvgIpc) is 2.23. The number of hydrogen-bond acceptors (Lipinski definition) is 2. The van der Waals surface area contributed by atoms with Gasteiger partial charge in [-0.3, -0.25) is 0 Å². The van der Waals surface area contributed by atoms with Crippen LogP contribution in [0.1, 0.15) is 59.3 Å². The van der Waals surface area contributed by atoms with Crippen LogP contribution in [0.25, 0.3) is 0 Å². The molecule has 2 fully saturated rings. The van der Waals surface area contributed by atoms with Crippen molar-refractivity contribution >= 4 is 11.8 Å². The summed E-state index contributed by atoms with van der Waals surface area (Å²) in [5.41, 5.74) is 6.39. The Bertz CT molecular complexity index is 231. The molecule has 6 unspecified atom stereocenters. The topological polar surface area (TPSA) is 26.0 Å². The summed E-state index contributed by atoms with van der Waals surface area (Å²) in [7, 11) is 0. The Morgan fingerprint density at radius 2 is 1.71 bits per heavy atom. The van der Waals surface area contributed by atoms with E-state index < -0.39 is 0 Å². The van der Waals surface area contributed by atoms with Gasteiger partial charge >= 0.3 is 0 Å². The lowest BCUT2D eigenvalue weighted by molar-refractivity contribution is 0.277. The second-order valence-electron chi connectivity index (χ2n) is 6.71. The second-order valence-corrected chi connectivity index (χ2v) is 8.20. The van der Waals surface area contributed by atoms with Gasteiger partial charge in [0.2, 0.25) is 0 Å². The van der Waals surface area contributed by atoms with Gasteiger partial charge in [0.15, 0.2) is 0 Å². The van der Waals surface area contributed by atoms with E-state index in [1.54, 1.807) is 0 Å². The van der Waals surface area contributed by atoms with Crippen LogP contribution in [0, 0.1) is 17.8 Å². The smallest absolute Gasteiger partial charge is 0.0227 e. The average molecular weight is 255 g/mol. The van der Waals surface area contributed by atoms with Gasteiger partial charge in [0.25, 0.3) is 0 Å². The van der Waals surface area contributed by atoms with E-state index in [2.05, 4.69) is 32.5 Å². The molecule has 2 N–H and O–H groups in total. The molecule has 0 aliphatic heterocycles. The maximum atomic E-state index is 6.39. The standard InChI is InChI=1S/C15H29NS/c1-10-5-4-6-13(8-10)17-15-12(3)7-11(2)9-14(15)16/h10-15H,4-9,16H2,1-3H3. The van der Waals surface area contributed by atoms with Crippen LogP contribution in [0.4, 0.5) is 0 Å². The molecule has 0 aromatic carbocycles. The Kier molecular flexibility index (Phi) is 4.82. The Hall–Kier alpha value is 0.310. The van der Waals surface area contributed by atoms with Crippen LogP contribution < -0.4 is 5.73 Å². The van der Waals surface area contributed by atoms with Crippen LogP contribution in [0.15, 0.2) is 0 Å². The molecule has 2 aliphatic rings. The van der Waals surface area contributed by atoms with Crippen LogP contribution in [0.5, 0.6) is 0 Å². The van der Waals surface area contributed by atoms with Crippen molar-refractivity contribution in [3.63, 3.8) is 0 Å². The molecular formula is C15H29NS. The molecule has 2 rings (SSSR count). The predicted molar refractivity (Wildman–Crippen MR) is 78.3 cm³/mol. The zero-order valence-electron chi connectivity index (χ0n) is 11.7. The quantitative estimate of drug-likeness (QED) is 0.805. The Labute approximate surface area is 111 Å². The van der Waals surface area contributed by atoms with Gasteiger partial charge < -0.3 is 5.73 Å². The SMILES string of the molecule is CC1CCCC(SC2C(C)CC(C)CC2N)C1. The maximum absolute atomic E-state index is 6.39. The number of hydrogen-bond donors (Lipinski definition) is 1. The predicted octanol–water partition coefficient (Wildman–Crippen LogP) is 4.06. The molecule has 2 heteroatoms. The fraction of sp³-hybridized carbons (Fsp3) is 1.00. The Morgan fingerprint density at radius 3 is 2.35 bits per heavy atom. The minimum atomic E-state index is 0.441. The molecule has 0 aromatic heterocycles. The van der Waals surface area contributed by atoms with Crippen molar-refractivity contribution in [1.82, 2.24) is 0 Å². The van der Waals surface area contributed by atoms with Gasteiger partial charge in [-0.1, -0.05) is 33.6 Å². The highest BCUT2D eigenvalue weighted by Crippen LogP contribution is 2.41. The van der Waals surface area contributed by atoms with Crippen molar-refractivity contribution in [2.45, 2.75) is 75.8 Å². The summed E-state index contributed by atoms with van der Waals surface area (Å²) in [4.78, 5) is 0. The van der Waals surface area contributed by atoms with Crippen LogP contribution >= 0.6 is 11.8 Å². The summed E-state index contributed by atoms with van der Waals surface area (Å²) in [5, 5.41) is 1.62. The minimum absolute atomic E-state index is 0.441. The first kappa shape index (κ1) is 13.7. The van der Waals surface area contributed by atoms with Crippen LogP contribution in [0.2, 0.25) is 0 Å². The first-order valence-corrected chi connectivity index (χ1v) is 8.41. The van der Waals surface area contributed by atoms with E-state index in [1.807, 2.05) is 0 Å².